The Morgan fingerprint density at radius 1 is 1.56 bits per heavy atom. The van der Waals surface area contributed by atoms with Crippen LogP contribution in [0.3, 0.4) is 0 Å². The molecule has 2 rings (SSSR count). The van der Waals surface area contributed by atoms with Crippen LogP contribution in [0.15, 0.2) is 4.34 Å². The van der Waals surface area contributed by atoms with E-state index in [4.69, 9.17) is 0 Å². The van der Waals surface area contributed by atoms with E-state index in [0.717, 1.165) is 9.35 Å². The number of sulfone groups is 1. The maximum Gasteiger partial charge on any atom is 0.230 e. The molecule has 2 heterocycles. The van der Waals surface area contributed by atoms with E-state index >= 15 is 0 Å². The molecule has 100 valence electrons. The number of carbonyl (C=O) groups is 1. The van der Waals surface area contributed by atoms with Gasteiger partial charge >= 0.3 is 0 Å². The zero-order valence-corrected chi connectivity index (χ0v) is 12.2. The molecule has 1 aliphatic heterocycles. The summed E-state index contributed by atoms with van der Waals surface area (Å²) in [6.07, 6.45) is 0.511. The van der Waals surface area contributed by atoms with E-state index < -0.39 is 9.84 Å². The largest absolute Gasteiger partial charge is 0.352 e. The Morgan fingerprint density at radius 3 is 2.89 bits per heavy atom. The highest BCUT2D eigenvalue weighted by atomic mass is 32.2. The number of nitrogens with zero attached hydrogens (tertiary/aromatic N) is 2. The molecule has 1 unspecified atom stereocenters. The first kappa shape index (κ1) is 13.8. The second-order valence-electron chi connectivity index (χ2n) is 4.04. The van der Waals surface area contributed by atoms with E-state index in [2.05, 4.69) is 15.5 Å². The molecule has 1 aromatic heterocycles. The van der Waals surface area contributed by atoms with Crippen LogP contribution in [0.25, 0.3) is 0 Å². The average molecular weight is 307 g/mol. The molecule has 6 nitrogen and oxygen atoms in total. The molecular weight excluding hydrogens is 294 g/mol. The van der Waals surface area contributed by atoms with Gasteiger partial charge in [-0.3, -0.25) is 4.79 Å². The smallest absolute Gasteiger partial charge is 0.230 e. The van der Waals surface area contributed by atoms with Crippen molar-refractivity contribution in [2.24, 2.45) is 0 Å². The third-order valence-electron chi connectivity index (χ3n) is 2.43. The van der Waals surface area contributed by atoms with Crippen molar-refractivity contribution in [2.45, 2.75) is 23.7 Å². The fourth-order valence-electron chi connectivity index (χ4n) is 1.64. The first-order valence-electron chi connectivity index (χ1n) is 5.37. The van der Waals surface area contributed by atoms with E-state index in [1.54, 1.807) is 0 Å². The van der Waals surface area contributed by atoms with Crippen molar-refractivity contribution in [1.29, 1.82) is 0 Å². The monoisotopic (exact) mass is 307 g/mol. The van der Waals surface area contributed by atoms with Crippen LogP contribution >= 0.6 is 23.1 Å². The highest BCUT2D eigenvalue weighted by Gasteiger charge is 2.28. The van der Waals surface area contributed by atoms with Crippen LogP contribution in [0.2, 0.25) is 0 Å². The highest BCUT2D eigenvalue weighted by molar-refractivity contribution is 8.01. The summed E-state index contributed by atoms with van der Waals surface area (Å²) >= 11 is 2.75. The van der Waals surface area contributed by atoms with Crippen molar-refractivity contribution in [3.8, 4) is 0 Å². The molecule has 18 heavy (non-hydrogen) atoms. The molecule has 0 aromatic carbocycles. The fourth-order valence-corrected chi connectivity index (χ4v) is 4.94. The van der Waals surface area contributed by atoms with Crippen molar-refractivity contribution in [3.63, 3.8) is 0 Å². The Morgan fingerprint density at radius 2 is 2.33 bits per heavy atom. The van der Waals surface area contributed by atoms with E-state index in [9.17, 15) is 13.2 Å². The van der Waals surface area contributed by atoms with Crippen LogP contribution in [-0.4, -0.2) is 47.8 Å². The highest BCUT2D eigenvalue weighted by Crippen LogP contribution is 2.21. The molecule has 0 saturated carbocycles. The van der Waals surface area contributed by atoms with E-state index in [1.807, 2.05) is 6.92 Å². The number of rotatable bonds is 4. The molecular formula is C9H13N3O3S3. The lowest BCUT2D eigenvalue weighted by Gasteiger charge is -2.09. The van der Waals surface area contributed by atoms with Gasteiger partial charge in [0, 0.05) is 6.04 Å². The van der Waals surface area contributed by atoms with E-state index in [0.29, 0.717) is 6.42 Å². The van der Waals surface area contributed by atoms with Crippen molar-refractivity contribution < 1.29 is 13.2 Å². The third-order valence-corrected chi connectivity index (χ3v) is 6.17. The Hall–Kier alpha value is -0.670. The molecule has 0 bridgehead atoms. The molecule has 1 N–H and O–H groups in total. The molecule has 1 aliphatic rings. The lowest BCUT2D eigenvalue weighted by molar-refractivity contribution is -0.119. The van der Waals surface area contributed by atoms with Crippen LogP contribution in [0.4, 0.5) is 0 Å². The third kappa shape index (κ3) is 3.92. The molecule has 1 atom stereocenters. The molecule has 1 aromatic rings. The van der Waals surface area contributed by atoms with Gasteiger partial charge in [0.15, 0.2) is 14.2 Å². The first-order valence-corrected chi connectivity index (χ1v) is 9.00. The summed E-state index contributed by atoms with van der Waals surface area (Å²) in [6, 6.07) is -0.237. The number of amides is 1. The van der Waals surface area contributed by atoms with Gasteiger partial charge in [-0.05, 0) is 13.3 Å². The van der Waals surface area contributed by atoms with Gasteiger partial charge in [-0.15, -0.1) is 10.2 Å². The van der Waals surface area contributed by atoms with Gasteiger partial charge in [-0.1, -0.05) is 23.1 Å². The topological polar surface area (TPSA) is 89.0 Å². The van der Waals surface area contributed by atoms with Crippen LogP contribution in [0.1, 0.15) is 11.4 Å². The average Bonchev–Trinajstić information content (AvgIpc) is 2.82. The zero-order chi connectivity index (χ0) is 13.2. The number of thioether (sulfide) groups is 1. The number of aromatic nitrogens is 2. The minimum Gasteiger partial charge on any atom is -0.352 e. The lowest BCUT2D eigenvalue weighted by Crippen LogP contribution is -2.36. The van der Waals surface area contributed by atoms with Gasteiger partial charge < -0.3 is 5.32 Å². The molecule has 0 spiro atoms. The Kier molecular flexibility index (Phi) is 4.23. The van der Waals surface area contributed by atoms with Crippen LogP contribution in [0.5, 0.6) is 0 Å². The molecule has 9 heteroatoms. The van der Waals surface area contributed by atoms with Crippen LogP contribution in [-0.2, 0) is 14.6 Å². The standard InChI is InChI=1S/C9H13N3O3S3/c1-6-11-12-9(17-6)16-4-8(13)10-7-2-3-18(14,15)5-7/h7H,2-5H2,1H3,(H,10,13). The van der Waals surface area contributed by atoms with Crippen molar-refractivity contribution in [3.05, 3.63) is 5.01 Å². The van der Waals surface area contributed by atoms with Gasteiger partial charge in [0.05, 0.1) is 17.3 Å². The van der Waals surface area contributed by atoms with Gasteiger partial charge in [-0.2, -0.15) is 0 Å². The summed E-state index contributed by atoms with van der Waals surface area (Å²) in [6.45, 7) is 1.85. The fraction of sp³-hybridized carbons (Fsp3) is 0.667. The zero-order valence-electron chi connectivity index (χ0n) is 9.75. The van der Waals surface area contributed by atoms with Crippen LogP contribution < -0.4 is 5.32 Å². The predicted molar refractivity (Wildman–Crippen MR) is 70.6 cm³/mol. The summed E-state index contributed by atoms with van der Waals surface area (Å²) in [5.74, 6) is 0.308. The number of hydrogen-bond acceptors (Lipinski definition) is 7. The lowest BCUT2D eigenvalue weighted by atomic mass is 10.3. The van der Waals surface area contributed by atoms with Crippen LogP contribution in [0, 0.1) is 6.92 Å². The molecule has 0 aliphatic carbocycles. The van der Waals surface area contributed by atoms with Gasteiger partial charge in [-0.25, -0.2) is 8.42 Å². The summed E-state index contributed by atoms with van der Waals surface area (Å²) in [5, 5.41) is 11.3. The maximum absolute atomic E-state index is 11.6. The Labute approximate surface area is 113 Å². The SMILES string of the molecule is Cc1nnc(SCC(=O)NC2CCS(=O)(=O)C2)s1. The second-order valence-corrected chi connectivity index (χ2v) is 8.68. The van der Waals surface area contributed by atoms with Gasteiger partial charge in [0.1, 0.15) is 5.01 Å². The summed E-state index contributed by atoms with van der Waals surface area (Å²) in [4.78, 5) is 11.6. The molecule has 1 saturated heterocycles. The number of nitrogens with one attached hydrogen (secondary N) is 1. The number of carbonyl (C=O) groups excluding carboxylic acids is 1. The van der Waals surface area contributed by atoms with Crippen molar-refractivity contribution >= 4 is 38.8 Å². The van der Waals surface area contributed by atoms with Gasteiger partial charge in [0.25, 0.3) is 0 Å². The molecule has 1 amide bonds. The predicted octanol–water partition coefficient (Wildman–Crippen LogP) is 0.242. The number of hydrogen-bond donors (Lipinski definition) is 1. The quantitative estimate of drug-likeness (QED) is 0.802. The first-order chi connectivity index (χ1) is 8.44. The second kappa shape index (κ2) is 5.54. The van der Waals surface area contributed by atoms with Crippen molar-refractivity contribution in [1.82, 2.24) is 15.5 Å². The maximum atomic E-state index is 11.6. The number of aryl methyl sites for hydroxylation is 1. The summed E-state index contributed by atoms with van der Waals surface area (Å²) < 4.78 is 23.2. The molecule has 1 fully saturated rings. The van der Waals surface area contributed by atoms with E-state index in [1.165, 1.54) is 23.1 Å². The normalized spacial score (nSPS) is 21.9. The minimum absolute atomic E-state index is 0.0569. The summed E-state index contributed by atoms with van der Waals surface area (Å²) in [7, 11) is -2.95. The Balaban J connectivity index is 1.76. The minimum atomic E-state index is -2.95. The molecule has 0 radical (unpaired) electrons. The summed E-state index contributed by atoms with van der Waals surface area (Å²) in [5.41, 5.74) is 0. The van der Waals surface area contributed by atoms with E-state index in [-0.39, 0.29) is 29.2 Å². The van der Waals surface area contributed by atoms with Crippen molar-refractivity contribution in [2.75, 3.05) is 17.3 Å². The van der Waals surface area contributed by atoms with Gasteiger partial charge in [0.2, 0.25) is 5.91 Å². The Bertz CT molecular complexity index is 540.